The van der Waals surface area contributed by atoms with Gasteiger partial charge in [0.15, 0.2) is 6.10 Å². The summed E-state index contributed by atoms with van der Waals surface area (Å²) in [5, 5.41) is 0. The number of esters is 3. The molecule has 0 amide bonds. The minimum absolute atomic E-state index is 0.0698. The molecule has 0 saturated heterocycles. The summed E-state index contributed by atoms with van der Waals surface area (Å²) in [6.07, 6.45) is 84.8. The molecule has 0 aliphatic rings. The van der Waals surface area contributed by atoms with Gasteiger partial charge in [0.1, 0.15) is 13.2 Å². The summed E-state index contributed by atoms with van der Waals surface area (Å²) in [7, 11) is 0. The van der Waals surface area contributed by atoms with E-state index in [1.54, 1.807) is 0 Å². The third-order valence-electron chi connectivity index (χ3n) is 16.1. The second-order valence-corrected chi connectivity index (χ2v) is 24.1. The van der Waals surface area contributed by atoms with E-state index < -0.39 is 6.10 Å². The van der Waals surface area contributed by atoms with E-state index in [0.717, 1.165) is 77.0 Å². The summed E-state index contributed by atoms with van der Waals surface area (Å²) in [5.74, 6) is -0.853. The first-order valence-electron chi connectivity index (χ1n) is 35.5. The molecule has 0 aromatic rings. The van der Waals surface area contributed by atoms with Gasteiger partial charge in [0.25, 0.3) is 0 Å². The molecule has 0 spiro atoms. The summed E-state index contributed by atoms with van der Waals surface area (Å²) < 4.78 is 16.9. The molecule has 464 valence electrons. The predicted molar refractivity (Wildman–Crippen MR) is 344 cm³/mol. The maximum Gasteiger partial charge on any atom is 0.306 e. The normalized spacial score (nSPS) is 12.2. The Kier molecular flexibility index (Phi) is 66.1. The van der Waals surface area contributed by atoms with Gasteiger partial charge in [0, 0.05) is 19.3 Å². The van der Waals surface area contributed by atoms with Crippen molar-refractivity contribution in [3.05, 3.63) is 36.5 Å². The van der Waals surface area contributed by atoms with Crippen molar-refractivity contribution >= 4 is 17.9 Å². The quantitative estimate of drug-likeness (QED) is 0.0261. The Bertz CT molecular complexity index is 1320. The van der Waals surface area contributed by atoms with Crippen molar-refractivity contribution in [3.8, 4) is 0 Å². The molecular formula is C73H136O6. The minimum Gasteiger partial charge on any atom is -0.462 e. The summed E-state index contributed by atoms with van der Waals surface area (Å²) in [5.41, 5.74) is 0. The smallest absolute Gasteiger partial charge is 0.306 e. The number of hydrogen-bond acceptors (Lipinski definition) is 6. The van der Waals surface area contributed by atoms with E-state index in [-0.39, 0.29) is 31.1 Å². The van der Waals surface area contributed by atoms with Gasteiger partial charge >= 0.3 is 17.9 Å². The molecule has 0 aromatic heterocycles. The molecule has 1 atom stereocenters. The Labute approximate surface area is 493 Å². The third kappa shape index (κ3) is 66.3. The molecule has 0 radical (unpaired) electrons. The maximum absolute atomic E-state index is 12.9. The van der Waals surface area contributed by atoms with Gasteiger partial charge < -0.3 is 14.2 Å². The number of carbonyl (C=O) groups excluding carboxylic acids is 3. The Morgan fingerprint density at radius 2 is 0.481 bits per heavy atom. The molecule has 79 heavy (non-hydrogen) atoms. The highest BCUT2D eigenvalue weighted by atomic mass is 16.6. The number of unbranched alkanes of at least 4 members (excludes halogenated alkanes) is 49. The van der Waals surface area contributed by atoms with Crippen molar-refractivity contribution in [2.45, 2.75) is 399 Å². The van der Waals surface area contributed by atoms with Crippen LogP contribution in [0.15, 0.2) is 36.5 Å². The maximum atomic E-state index is 12.9. The van der Waals surface area contributed by atoms with Gasteiger partial charge in [-0.1, -0.05) is 340 Å². The lowest BCUT2D eigenvalue weighted by atomic mass is 10.0. The molecule has 0 aromatic carbocycles. The molecule has 0 N–H and O–H groups in total. The first-order valence-corrected chi connectivity index (χ1v) is 35.5. The van der Waals surface area contributed by atoms with Gasteiger partial charge in [0.2, 0.25) is 0 Å². The van der Waals surface area contributed by atoms with Crippen LogP contribution in [0, 0.1) is 0 Å². The first kappa shape index (κ1) is 76.6. The Hall–Kier alpha value is -2.37. The van der Waals surface area contributed by atoms with Crippen LogP contribution in [0.2, 0.25) is 0 Å². The molecule has 6 nitrogen and oxygen atoms in total. The number of allylic oxidation sites excluding steroid dienone is 6. The molecular weight excluding hydrogens is 973 g/mol. The third-order valence-corrected chi connectivity index (χ3v) is 16.1. The van der Waals surface area contributed by atoms with Crippen molar-refractivity contribution in [1.29, 1.82) is 0 Å². The SMILES string of the molecule is CCC/C=C\CCCCCCCC(=O)OCC(COC(=O)CCCCCCCCCCCCCCCCC/C=C\C/C=C\CCCCCCC)OC(=O)CCCCCCCCCCCCCCCCCCCCCCCCCC. The number of rotatable bonds is 66. The highest BCUT2D eigenvalue weighted by Crippen LogP contribution is 2.19. The Balaban J connectivity index is 4.13. The zero-order valence-electron chi connectivity index (χ0n) is 53.4. The van der Waals surface area contributed by atoms with Gasteiger partial charge in [-0.25, -0.2) is 0 Å². The molecule has 0 heterocycles. The molecule has 0 aliphatic heterocycles. The van der Waals surface area contributed by atoms with Crippen LogP contribution in [0.1, 0.15) is 393 Å². The van der Waals surface area contributed by atoms with E-state index in [9.17, 15) is 14.4 Å². The van der Waals surface area contributed by atoms with Crippen molar-refractivity contribution in [3.63, 3.8) is 0 Å². The standard InChI is InChI=1S/C73H136O6/c1-4-7-10-13-16-19-22-24-26-28-30-32-34-36-37-38-40-41-43-45-47-49-51-54-57-60-63-66-72(75)78-69-70(68-77-71(74)65-62-59-56-53-21-18-15-12-9-6-3)79-73(76)67-64-61-58-55-52-50-48-46-44-42-39-35-33-31-29-27-25-23-20-17-14-11-8-5-2/h12,15,22,24,28,30,70H,4-11,13-14,16-21,23,25-27,29,31-69H2,1-3H3/b15-12-,24-22-,30-28-. The van der Waals surface area contributed by atoms with E-state index in [0.29, 0.717) is 19.3 Å². The van der Waals surface area contributed by atoms with Crippen molar-refractivity contribution in [2.24, 2.45) is 0 Å². The van der Waals surface area contributed by atoms with Crippen LogP contribution < -0.4 is 0 Å². The van der Waals surface area contributed by atoms with E-state index in [4.69, 9.17) is 14.2 Å². The fourth-order valence-corrected chi connectivity index (χ4v) is 10.8. The lowest BCUT2D eigenvalue weighted by Gasteiger charge is -2.18. The lowest BCUT2D eigenvalue weighted by Crippen LogP contribution is -2.30. The first-order chi connectivity index (χ1) is 39.0. The highest BCUT2D eigenvalue weighted by Gasteiger charge is 2.19. The predicted octanol–water partition coefficient (Wildman–Crippen LogP) is 24.3. The van der Waals surface area contributed by atoms with Crippen LogP contribution in [-0.2, 0) is 28.6 Å². The van der Waals surface area contributed by atoms with Crippen LogP contribution in [-0.4, -0.2) is 37.2 Å². The fourth-order valence-electron chi connectivity index (χ4n) is 10.8. The van der Waals surface area contributed by atoms with Crippen LogP contribution in [0.4, 0.5) is 0 Å². The molecule has 6 heteroatoms. The summed E-state index contributed by atoms with van der Waals surface area (Å²) in [6.45, 7) is 6.63. The summed E-state index contributed by atoms with van der Waals surface area (Å²) in [4.78, 5) is 38.3. The zero-order chi connectivity index (χ0) is 57.1. The Morgan fingerprint density at radius 1 is 0.253 bits per heavy atom. The second kappa shape index (κ2) is 68.1. The van der Waals surface area contributed by atoms with E-state index in [1.807, 2.05) is 0 Å². The minimum atomic E-state index is -0.773. The molecule has 0 aliphatic carbocycles. The number of carbonyl (C=O) groups is 3. The van der Waals surface area contributed by atoms with E-state index in [2.05, 4.69) is 57.2 Å². The van der Waals surface area contributed by atoms with Crippen LogP contribution >= 0.6 is 0 Å². The summed E-state index contributed by atoms with van der Waals surface area (Å²) >= 11 is 0. The van der Waals surface area contributed by atoms with Crippen molar-refractivity contribution in [2.75, 3.05) is 13.2 Å². The lowest BCUT2D eigenvalue weighted by molar-refractivity contribution is -0.167. The van der Waals surface area contributed by atoms with Gasteiger partial charge in [-0.2, -0.15) is 0 Å². The molecule has 1 unspecified atom stereocenters. The van der Waals surface area contributed by atoms with Gasteiger partial charge in [-0.15, -0.1) is 0 Å². The second-order valence-electron chi connectivity index (χ2n) is 24.1. The van der Waals surface area contributed by atoms with E-state index >= 15 is 0 Å². The molecule has 0 rings (SSSR count). The average Bonchev–Trinajstić information content (AvgIpc) is 3.45. The van der Waals surface area contributed by atoms with Crippen LogP contribution in [0.3, 0.4) is 0 Å². The van der Waals surface area contributed by atoms with Crippen molar-refractivity contribution in [1.82, 2.24) is 0 Å². The van der Waals surface area contributed by atoms with Gasteiger partial charge in [-0.05, 0) is 70.6 Å². The largest absolute Gasteiger partial charge is 0.462 e. The van der Waals surface area contributed by atoms with Crippen LogP contribution in [0.25, 0.3) is 0 Å². The summed E-state index contributed by atoms with van der Waals surface area (Å²) in [6, 6.07) is 0. The molecule has 0 fully saturated rings. The topological polar surface area (TPSA) is 78.9 Å². The number of ether oxygens (including phenoxy) is 3. The zero-order valence-corrected chi connectivity index (χ0v) is 53.4. The highest BCUT2D eigenvalue weighted by molar-refractivity contribution is 5.71. The Morgan fingerprint density at radius 3 is 0.759 bits per heavy atom. The monoisotopic (exact) mass is 1110 g/mol. The van der Waals surface area contributed by atoms with E-state index in [1.165, 1.54) is 276 Å². The molecule has 0 saturated carbocycles. The van der Waals surface area contributed by atoms with Crippen LogP contribution in [0.5, 0.6) is 0 Å². The fraction of sp³-hybridized carbons (Fsp3) is 0.877. The number of hydrogen-bond donors (Lipinski definition) is 0. The van der Waals surface area contributed by atoms with Crippen molar-refractivity contribution < 1.29 is 28.6 Å². The average molecular weight is 1110 g/mol. The van der Waals surface area contributed by atoms with Gasteiger partial charge in [-0.3, -0.25) is 14.4 Å². The van der Waals surface area contributed by atoms with Gasteiger partial charge in [0.05, 0.1) is 0 Å². The molecule has 0 bridgehead atoms.